The topological polar surface area (TPSA) is 119 Å². The van der Waals surface area contributed by atoms with Crippen molar-refractivity contribution >= 4 is 17.8 Å². The Morgan fingerprint density at radius 2 is 1.33 bits per heavy atom. The van der Waals surface area contributed by atoms with Crippen LogP contribution in [0.1, 0.15) is 60.5 Å². The summed E-state index contributed by atoms with van der Waals surface area (Å²) < 4.78 is 34.5. The Kier molecular flexibility index (Phi) is 11.7. The molecule has 10 nitrogen and oxygen atoms in total. The molecule has 0 aromatic heterocycles. The van der Waals surface area contributed by atoms with Crippen LogP contribution < -0.4 is 14.8 Å². The van der Waals surface area contributed by atoms with Crippen LogP contribution in [0.3, 0.4) is 0 Å². The van der Waals surface area contributed by atoms with Gasteiger partial charge in [-0.05, 0) is 73.7 Å². The third kappa shape index (κ3) is 9.68. The van der Waals surface area contributed by atoms with Gasteiger partial charge in [-0.25, -0.2) is 9.59 Å². The van der Waals surface area contributed by atoms with Crippen LogP contribution in [0, 0.1) is 0 Å². The molecule has 0 radical (unpaired) electrons. The van der Waals surface area contributed by atoms with Crippen molar-refractivity contribution in [3.63, 3.8) is 0 Å². The second kappa shape index (κ2) is 16.3. The van der Waals surface area contributed by atoms with Gasteiger partial charge in [0, 0.05) is 0 Å². The zero-order valence-electron chi connectivity index (χ0n) is 28.1. The molecule has 5 rings (SSSR count). The molecule has 4 aromatic carbocycles. The average Bonchev–Trinajstić information content (AvgIpc) is 3.12. The van der Waals surface area contributed by atoms with Gasteiger partial charge in [0.05, 0.1) is 31.5 Å². The summed E-state index contributed by atoms with van der Waals surface area (Å²) in [4.78, 5) is 39.8. The minimum Gasteiger partial charge on any atom is -0.488 e. The fraction of sp³-hybridized carbons (Fsp3) is 0.308. The number of carbonyl (C=O) groups excluding carboxylic acids is 3. The van der Waals surface area contributed by atoms with Crippen molar-refractivity contribution in [3.05, 3.63) is 119 Å². The molecule has 1 atom stereocenters. The maximum atomic E-state index is 14.1. The lowest BCUT2D eigenvalue weighted by Gasteiger charge is -2.26. The van der Waals surface area contributed by atoms with Crippen LogP contribution in [0.4, 0.5) is 4.79 Å². The van der Waals surface area contributed by atoms with Gasteiger partial charge in [0.15, 0.2) is 18.1 Å². The van der Waals surface area contributed by atoms with Gasteiger partial charge in [-0.15, -0.1) is 0 Å². The molecule has 1 unspecified atom stereocenters. The molecule has 10 heteroatoms. The third-order valence-corrected chi connectivity index (χ3v) is 7.50. The molecule has 1 saturated heterocycles. The van der Waals surface area contributed by atoms with Crippen molar-refractivity contribution in [1.29, 1.82) is 0 Å². The largest absolute Gasteiger partial charge is 0.488 e. The Morgan fingerprint density at radius 3 is 1.90 bits per heavy atom. The molecule has 0 bridgehead atoms. The molecule has 256 valence electrons. The lowest BCUT2D eigenvalue weighted by Crippen LogP contribution is -2.48. The predicted molar refractivity (Wildman–Crippen MR) is 182 cm³/mol. The van der Waals surface area contributed by atoms with Gasteiger partial charge in [0.2, 0.25) is 0 Å². The van der Waals surface area contributed by atoms with E-state index < -0.39 is 35.8 Å². The number of alkyl carbamates (subject to hydrolysis) is 1. The van der Waals surface area contributed by atoms with Crippen molar-refractivity contribution in [1.82, 2.24) is 5.32 Å². The average molecular weight is 668 g/mol. The van der Waals surface area contributed by atoms with E-state index in [0.29, 0.717) is 36.7 Å². The van der Waals surface area contributed by atoms with Crippen molar-refractivity contribution in [2.24, 2.45) is 0 Å². The lowest BCUT2D eigenvalue weighted by atomic mass is 9.96. The van der Waals surface area contributed by atoms with E-state index in [1.54, 1.807) is 32.9 Å². The van der Waals surface area contributed by atoms with Crippen molar-refractivity contribution in [2.45, 2.75) is 58.3 Å². The SMILES string of the molecule is COC(=O)C(NC(=O)OC(C)(C)C)C(=O)c1cc(-c2ccc(OCc3ccccc3)c(C3OCCCO3)c2)ccc1OCc1ccccc1. The first-order valence-electron chi connectivity index (χ1n) is 16.1. The van der Waals surface area contributed by atoms with Crippen LogP contribution in [0.25, 0.3) is 11.1 Å². The Labute approximate surface area is 286 Å². The van der Waals surface area contributed by atoms with Crippen LogP contribution >= 0.6 is 0 Å². The van der Waals surface area contributed by atoms with Gasteiger partial charge < -0.3 is 33.7 Å². The van der Waals surface area contributed by atoms with Gasteiger partial charge in [-0.3, -0.25) is 4.79 Å². The molecule has 1 amide bonds. The van der Waals surface area contributed by atoms with E-state index in [4.69, 9.17) is 28.4 Å². The normalized spacial score (nSPS) is 14.0. The number of rotatable bonds is 12. The molecule has 1 N–H and O–H groups in total. The standard InChI is InChI=1S/C39H41NO9/c1-39(2,3)49-38(43)40-34(36(42)44-4)35(41)30-22-28(16-18-32(30)47-24-26-12-7-5-8-13-26)29-17-19-33(48-25-27-14-9-6-10-15-27)31(23-29)37-45-20-11-21-46-37/h5-10,12-19,22-23,34,37H,11,20-21,24-25H2,1-4H3,(H,40,43). The molecular formula is C39H41NO9. The summed E-state index contributed by atoms with van der Waals surface area (Å²) >= 11 is 0. The van der Waals surface area contributed by atoms with E-state index in [1.165, 1.54) is 0 Å². The van der Waals surface area contributed by atoms with Crippen LogP contribution in [0.15, 0.2) is 97.1 Å². The molecular weight excluding hydrogens is 626 g/mol. The number of ketones is 1. The first kappa shape index (κ1) is 35.1. The third-order valence-electron chi connectivity index (χ3n) is 7.50. The van der Waals surface area contributed by atoms with Crippen LogP contribution in [-0.4, -0.2) is 49.8 Å². The van der Waals surface area contributed by atoms with Gasteiger partial charge in [0.25, 0.3) is 0 Å². The fourth-order valence-corrected chi connectivity index (χ4v) is 5.14. The first-order valence-corrected chi connectivity index (χ1v) is 16.1. The summed E-state index contributed by atoms with van der Waals surface area (Å²) in [5.41, 5.74) is 3.17. The van der Waals surface area contributed by atoms with Crippen molar-refractivity contribution < 1.29 is 42.8 Å². The van der Waals surface area contributed by atoms with E-state index in [9.17, 15) is 14.4 Å². The van der Waals surface area contributed by atoms with Crippen LogP contribution in [0.2, 0.25) is 0 Å². The van der Waals surface area contributed by atoms with Gasteiger partial charge in [-0.1, -0.05) is 72.8 Å². The number of Topliss-reactive ketones (excluding diaryl/α,β-unsaturated/α-hetero) is 1. The first-order chi connectivity index (χ1) is 23.6. The monoisotopic (exact) mass is 667 g/mol. The van der Waals surface area contributed by atoms with E-state index in [-0.39, 0.29) is 17.9 Å². The molecule has 1 heterocycles. The van der Waals surface area contributed by atoms with Crippen LogP contribution in [0.5, 0.6) is 11.5 Å². The lowest BCUT2D eigenvalue weighted by molar-refractivity contribution is -0.183. The van der Waals surface area contributed by atoms with Crippen molar-refractivity contribution in [3.8, 4) is 22.6 Å². The van der Waals surface area contributed by atoms with Crippen molar-refractivity contribution in [2.75, 3.05) is 20.3 Å². The molecule has 0 aliphatic carbocycles. The highest BCUT2D eigenvalue weighted by Gasteiger charge is 2.34. The molecule has 0 saturated carbocycles. The maximum absolute atomic E-state index is 14.1. The predicted octanol–water partition coefficient (Wildman–Crippen LogP) is 7.20. The minimum absolute atomic E-state index is 0.0658. The van der Waals surface area contributed by atoms with E-state index in [1.807, 2.05) is 84.9 Å². The summed E-state index contributed by atoms with van der Waals surface area (Å²) in [6, 6.07) is 28.3. The number of methoxy groups -OCH3 is 1. The van der Waals surface area contributed by atoms with Gasteiger partial charge in [-0.2, -0.15) is 0 Å². The number of esters is 1. The Bertz CT molecular complexity index is 1730. The number of ether oxygens (including phenoxy) is 6. The maximum Gasteiger partial charge on any atom is 0.408 e. The fourth-order valence-electron chi connectivity index (χ4n) is 5.14. The van der Waals surface area contributed by atoms with Crippen LogP contribution in [-0.2, 0) is 37.0 Å². The summed E-state index contributed by atoms with van der Waals surface area (Å²) in [7, 11) is 1.14. The highest BCUT2D eigenvalue weighted by Crippen LogP contribution is 2.37. The Morgan fingerprint density at radius 1 is 0.776 bits per heavy atom. The number of hydrogen-bond acceptors (Lipinski definition) is 9. The summed E-state index contributed by atoms with van der Waals surface area (Å²) in [6.07, 6.45) is -0.802. The summed E-state index contributed by atoms with van der Waals surface area (Å²) in [6.45, 7) is 6.63. The van der Waals surface area contributed by atoms with Gasteiger partial charge in [0.1, 0.15) is 30.3 Å². The summed E-state index contributed by atoms with van der Waals surface area (Å²) in [5.74, 6) is -0.862. The number of amides is 1. The smallest absolute Gasteiger partial charge is 0.408 e. The highest BCUT2D eigenvalue weighted by molar-refractivity contribution is 6.15. The molecule has 1 aliphatic rings. The molecule has 1 aliphatic heterocycles. The molecule has 0 spiro atoms. The number of hydrogen-bond donors (Lipinski definition) is 1. The number of benzene rings is 4. The van der Waals surface area contributed by atoms with E-state index >= 15 is 0 Å². The highest BCUT2D eigenvalue weighted by atomic mass is 16.7. The van der Waals surface area contributed by atoms with Gasteiger partial charge >= 0.3 is 12.1 Å². The zero-order valence-corrected chi connectivity index (χ0v) is 28.1. The molecule has 49 heavy (non-hydrogen) atoms. The summed E-state index contributed by atoms with van der Waals surface area (Å²) in [5, 5.41) is 2.38. The minimum atomic E-state index is -1.69. The number of carbonyl (C=O) groups is 3. The Hall–Kier alpha value is -5.19. The molecule has 4 aromatic rings. The molecule has 1 fully saturated rings. The Balaban J connectivity index is 1.52. The second-order valence-corrected chi connectivity index (χ2v) is 12.4. The quantitative estimate of drug-likeness (QED) is 0.0951. The zero-order chi connectivity index (χ0) is 34.8. The van der Waals surface area contributed by atoms with E-state index in [0.717, 1.165) is 30.2 Å². The van der Waals surface area contributed by atoms with E-state index in [2.05, 4.69) is 5.32 Å². The second-order valence-electron chi connectivity index (χ2n) is 12.4. The number of nitrogens with one attached hydrogen (secondary N) is 1.